The van der Waals surface area contributed by atoms with Crippen molar-refractivity contribution >= 4 is 34.4 Å². The van der Waals surface area contributed by atoms with Gasteiger partial charge in [0.2, 0.25) is 5.91 Å². The zero-order valence-corrected chi connectivity index (χ0v) is 11.3. The van der Waals surface area contributed by atoms with E-state index in [1.807, 2.05) is 0 Å². The summed E-state index contributed by atoms with van der Waals surface area (Å²) in [6.45, 7) is 1.25. The van der Waals surface area contributed by atoms with E-state index in [1.165, 1.54) is 19.1 Å². The monoisotopic (exact) mass is 298 g/mol. The zero-order chi connectivity index (χ0) is 14.9. The predicted octanol–water partition coefficient (Wildman–Crippen LogP) is 2.09. The molecule has 2 rings (SSSR count). The minimum Gasteiger partial charge on any atom is -0.480 e. The Labute approximate surface area is 118 Å². The second-order valence-electron chi connectivity index (χ2n) is 4.39. The van der Waals surface area contributed by atoms with Crippen molar-refractivity contribution in [2.75, 3.05) is 0 Å². The van der Waals surface area contributed by atoms with Crippen LogP contribution >= 0.6 is 11.6 Å². The highest BCUT2D eigenvalue weighted by molar-refractivity contribution is 6.35. The van der Waals surface area contributed by atoms with Crippen LogP contribution in [0, 0.1) is 5.82 Å². The highest BCUT2D eigenvalue weighted by atomic mass is 35.5. The van der Waals surface area contributed by atoms with Crippen LogP contribution in [0.4, 0.5) is 4.39 Å². The lowest BCUT2D eigenvalue weighted by Crippen LogP contribution is -2.41. The van der Waals surface area contributed by atoms with E-state index in [4.69, 9.17) is 16.7 Å². The van der Waals surface area contributed by atoms with Crippen LogP contribution < -0.4 is 5.32 Å². The maximum absolute atomic E-state index is 13.3. The number of carbonyl (C=O) groups excluding carboxylic acids is 1. The first-order valence-corrected chi connectivity index (χ1v) is 6.21. The second kappa shape index (κ2) is 5.50. The summed E-state index contributed by atoms with van der Waals surface area (Å²) in [4.78, 5) is 24.9. The Kier molecular flexibility index (Phi) is 3.94. The molecule has 0 aliphatic rings. The number of rotatable bonds is 4. The lowest BCUT2D eigenvalue weighted by atomic mass is 10.0. The molecule has 5 nitrogen and oxygen atoms in total. The summed E-state index contributed by atoms with van der Waals surface area (Å²) in [5, 5.41) is 12.0. The molecule has 1 aromatic heterocycles. The largest absolute Gasteiger partial charge is 0.480 e. The van der Waals surface area contributed by atoms with Crippen LogP contribution in [-0.2, 0) is 16.0 Å². The van der Waals surface area contributed by atoms with E-state index in [9.17, 15) is 14.0 Å². The van der Waals surface area contributed by atoms with Gasteiger partial charge in [-0.25, -0.2) is 9.18 Å². The second-order valence-corrected chi connectivity index (χ2v) is 4.77. The highest BCUT2D eigenvalue weighted by Gasteiger charge is 2.21. The number of fused-ring (bicyclic) bond motifs is 1. The van der Waals surface area contributed by atoms with Crippen LogP contribution in [0.5, 0.6) is 0 Å². The van der Waals surface area contributed by atoms with Crippen molar-refractivity contribution in [3.63, 3.8) is 0 Å². The molecule has 1 atom stereocenters. The van der Waals surface area contributed by atoms with Crippen LogP contribution in [-0.4, -0.2) is 28.0 Å². The third-order valence-corrected chi connectivity index (χ3v) is 3.30. The number of hydrogen-bond acceptors (Lipinski definition) is 2. The molecule has 20 heavy (non-hydrogen) atoms. The standard InChI is InChI=1S/C13H12ClFN2O3/c1-6(18)17-10(13(19)20)4-7-5-16-12-8(7)2-3-9(15)11(12)14/h2-3,5,10,16H,4H2,1H3,(H,17,18)(H,19,20)/t10-/m0/s1. The van der Waals surface area contributed by atoms with Crippen LogP contribution in [0.2, 0.25) is 5.02 Å². The van der Waals surface area contributed by atoms with Gasteiger partial charge in [0.25, 0.3) is 0 Å². The molecule has 0 unspecified atom stereocenters. The summed E-state index contributed by atoms with van der Waals surface area (Å²) < 4.78 is 13.3. The average Bonchev–Trinajstić information content (AvgIpc) is 2.76. The number of carbonyl (C=O) groups is 2. The first kappa shape index (κ1) is 14.3. The van der Waals surface area contributed by atoms with Crippen molar-refractivity contribution in [1.82, 2.24) is 10.3 Å². The van der Waals surface area contributed by atoms with Gasteiger partial charge in [-0.3, -0.25) is 4.79 Å². The summed E-state index contributed by atoms with van der Waals surface area (Å²) in [7, 11) is 0. The molecule has 0 saturated carbocycles. The fraction of sp³-hybridized carbons (Fsp3) is 0.231. The van der Waals surface area contributed by atoms with Crippen molar-refractivity contribution in [1.29, 1.82) is 0 Å². The SMILES string of the molecule is CC(=O)N[C@@H](Cc1c[nH]c2c(Cl)c(F)ccc12)C(=O)O. The van der Waals surface area contributed by atoms with E-state index in [2.05, 4.69) is 10.3 Å². The van der Waals surface area contributed by atoms with Gasteiger partial charge < -0.3 is 15.4 Å². The molecule has 1 heterocycles. The molecular formula is C13H12ClFN2O3. The molecule has 0 aliphatic carbocycles. The number of aromatic amines is 1. The van der Waals surface area contributed by atoms with E-state index < -0.39 is 23.7 Å². The normalized spacial score (nSPS) is 12.3. The number of aromatic nitrogens is 1. The van der Waals surface area contributed by atoms with Crippen LogP contribution in [0.15, 0.2) is 18.3 Å². The fourth-order valence-electron chi connectivity index (χ4n) is 2.03. The molecule has 106 valence electrons. The number of hydrogen-bond donors (Lipinski definition) is 3. The van der Waals surface area contributed by atoms with Crippen molar-refractivity contribution in [3.05, 3.63) is 34.7 Å². The van der Waals surface area contributed by atoms with Gasteiger partial charge in [-0.05, 0) is 17.7 Å². The topological polar surface area (TPSA) is 82.2 Å². The number of halogens is 2. The molecule has 7 heteroatoms. The molecule has 1 amide bonds. The van der Waals surface area contributed by atoms with Crippen LogP contribution in [0.1, 0.15) is 12.5 Å². The summed E-state index contributed by atoms with van der Waals surface area (Å²) >= 11 is 5.83. The Morgan fingerprint density at radius 1 is 1.50 bits per heavy atom. The summed E-state index contributed by atoms with van der Waals surface area (Å²) in [5.74, 6) is -2.12. The Morgan fingerprint density at radius 3 is 2.80 bits per heavy atom. The van der Waals surface area contributed by atoms with Gasteiger partial charge in [-0.15, -0.1) is 0 Å². The van der Waals surface area contributed by atoms with E-state index in [0.29, 0.717) is 16.5 Å². The quantitative estimate of drug-likeness (QED) is 0.808. The number of nitrogens with one attached hydrogen (secondary N) is 2. The van der Waals surface area contributed by atoms with Crippen molar-refractivity contribution < 1.29 is 19.1 Å². The van der Waals surface area contributed by atoms with Gasteiger partial charge in [-0.1, -0.05) is 11.6 Å². The predicted molar refractivity (Wildman–Crippen MR) is 72.2 cm³/mol. The average molecular weight is 299 g/mol. The van der Waals surface area contributed by atoms with Gasteiger partial charge in [0.1, 0.15) is 16.9 Å². The van der Waals surface area contributed by atoms with Crippen LogP contribution in [0.25, 0.3) is 10.9 Å². The van der Waals surface area contributed by atoms with Crippen molar-refractivity contribution in [2.45, 2.75) is 19.4 Å². The van der Waals surface area contributed by atoms with Gasteiger partial charge in [-0.2, -0.15) is 0 Å². The number of aliphatic carboxylic acids is 1. The molecule has 3 N–H and O–H groups in total. The molecule has 0 radical (unpaired) electrons. The Balaban J connectivity index is 2.36. The molecule has 1 aromatic carbocycles. The molecule has 0 aliphatic heterocycles. The number of H-pyrrole nitrogens is 1. The van der Waals surface area contributed by atoms with Gasteiger partial charge in [0, 0.05) is 24.9 Å². The minimum atomic E-state index is -1.14. The smallest absolute Gasteiger partial charge is 0.326 e. The van der Waals surface area contributed by atoms with Gasteiger partial charge in [0.15, 0.2) is 0 Å². The maximum Gasteiger partial charge on any atom is 0.326 e. The Morgan fingerprint density at radius 2 is 2.20 bits per heavy atom. The molecule has 2 aromatic rings. The lowest BCUT2D eigenvalue weighted by Gasteiger charge is -2.12. The summed E-state index contributed by atoms with van der Waals surface area (Å²) in [5.41, 5.74) is 1.05. The first-order valence-electron chi connectivity index (χ1n) is 5.84. The molecule has 0 bridgehead atoms. The third kappa shape index (κ3) is 2.75. The zero-order valence-electron chi connectivity index (χ0n) is 10.5. The van der Waals surface area contributed by atoms with Crippen molar-refractivity contribution in [2.24, 2.45) is 0 Å². The van der Waals surface area contributed by atoms with Gasteiger partial charge in [0.05, 0.1) is 5.52 Å². The summed E-state index contributed by atoms with van der Waals surface area (Å²) in [6.07, 6.45) is 1.64. The van der Waals surface area contributed by atoms with E-state index >= 15 is 0 Å². The number of amides is 1. The van der Waals surface area contributed by atoms with Gasteiger partial charge >= 0.3 is 5.97 Å². The first-order chi connectivity index (χ1) is 9.40. The Bertz CT molecular complexity index is 684. The van der Waals surface area contributed by atoms with E-state index in [0.717, 1.165) is 0 Å². The van der Waals surface area contributed by atoms with Crippen molar-refractivity contribution in [3.8, 4) is 0 Å². The number of benzene rings is 1. The number of carboxylic acids is 1. The molecule has 0 spiro atoms. The van der Waals surface area contributed by atoms with E-state index in [1.54, 1.807) is 6.20 Å². The summed E-state index contributed by atoms with van der Waals surface area (Å²) in [6, 6.07) is 1.70. The van der Waals surface area contributed by atoms with E-state index in [-0.39, 0.29) is 11.4 Å². The third-order valence-electron chi connectivity index (χ3n) is 2.93. The van der Waals surface area contributed by atoms with Crippen LogP contribution in [0.3, 0.4) is 0 Å². The molecule has 0 fully saturated rings. The highest BCUT2D eigenvalue weighted by Crippen LogP contribution is 2.28. The lowest BCUT2D eigenvalue weighted by molar-refractivity contribution is -0.141. The minimum absolute atomic E-state index is 0.0415. The Hall–Kier alpha value is -2.08. The number of carboxylic acid groups (broad SMARTS) is 1. The fourth-order valence-corrected chi connectivity index (χ4v) is 2.25. The molecule has 0 saturated heterocycles. The molecular weight excluding hydrogens is 287 g/mol. The maximum atomic E-state index is 13.3.